The quantitative estimate of drug-likeness (QED) is 0.805. The predicted molar refractivity (Wildman–Crippen MR) is 107 cm³/mol. The second-order valence-corrected chi connectivity index (χ2v) is 9.08. The molecule has 0 unspecified atom stereocenters. The van der Waals surface area contributed by atoms with Gasteiger partial charge in [-0.05, 0) is 68.7 Å². The highest BCUT2D eigenvalue weighted by atomic mass is 16.5. The van der Waals surface area contributed by atoms with Gasteiger partial charge in [0.25, 0.3) is 0 Å². The zero-order chi connectivity index (χ0) is 18.8. The Hall–Kier alpha value is -1.55. The summed E-state index contributed by atoms with van der Waals surface area (Å²) in [4.78, 5) is 18.1. The molecule has 3 heterocycles. The minimum atomic E-state index is 0.0867. The normalized spacial score (nSPS) is 36.9. The van der Waals surface area contributed by atoms with Crippen LogP contribution in [-0.4, -0.2) is 43.1 Å². The molecule has 27 heavy (non-hydrogen) atoms. The van der Waals surface area contributed by atoms with E-state index >= 15 is 0 Å². The number of hydrogen-bond acceptors (Lipinski definition) is 3. The van der Waals surface area contributed by atoms with Crippen LogP contribution in [0.5, 0.6) is 5.75 Å². The van der Waals surface area contributed by atoms with Crippen molar-refractivity contribution < 1.29 is 9.53 Å². The molecule has 146 valence electrons. The van der Waals surface area contributed by atoms with Crippen LogP contribution in [0.1, 0.15) is 64.4 Å². The maximum Gasteiger partial charge on any atom is 0.227 e. The highest BCUT2D eigenvalue weighted by Gasteiger charge is 2.68. The van der Waals surface area contributed by atoms with E-state index in [9.17, 15) is 4.79 Å². The summed E-state index contributed by atoms with van der Waals surface area (Å²) in [5, 5.41) is 0. The molecule has 4 heteroatoms. The van der Waals surface area contributed by atoms with Gasteiger partial charge in [0, 0.05) is 23.9 Å². The number of piperidine rings is 1. The SMILES string of the molecule is CCC(=O)N1c2c(OC)cccc2[C@]23CCN4CCC[C@](CC)(CC[C@@H]12)[C@@H]43. The van der Waals surface area contributed by atoms with Gasteiger partial charge in [-0.2, -0.15) is 0 Å². The highest BCUT2D eigenvalue weighted by Crippen LogP contribution is 2.66. The second kappa shape index (κ2) is 5.97. The molecule has 4 nitrogen and oxygen atoms in total. The number of fused-ring (bicyclic) bond motifs is 1. The summed E-state index contributed by atoms with van der Waals surface area (Å²) < 4.78 is 5.77. The number of rotatable bonds is 3. The minimum Gasteiger partial charge on any atom is -0.495 e. The van der Waals surface area contributed by atoms with E-state index in [0.717, 1.165) is 17.9 Å². The van der Waals surface area contributed by atoms with Gasteiger partial charge in [0.1, 0.15) is 5.75 Å². The lowest BCUT2D eigenvalue weighted by Crippen LogP contribution is -2.65. The van der Waals surface area contributed by atoms with Crippen LogP contribution < -0.4 is 9.64 Å². The van der Waals surface area contributed by atoms with Gasteiger partial charge in [-0.15, -0.1) is 0 Å². The molecule has 0 N–H and O–H groups in total. The number of hydrogen-bond donors (Lipinski definition) is 0. The van der Waals surface area contributed by atoms with E-state index < -0.39 is 0 Å². The van der Waals surface area contributed by atoms with Gasteiger partial charge in [-0.3, -0.25) is 9.69 Å². The van der Waals surface area contributed by atoms with Crippen molar-refractivity contribution in [3.8, 4) is 5.75 Å². The average Bonchev–Trinajstić information content (AvgIpc) is 3.25. The molecule has 4 aliphatic rings. The molecule has 1 aliphatic carbocycles. The molecule has 0 radical (unpaired) electrons. The fraction of sp³-hybridized carbons (Fsp3) is 0.696. The lowest BCUT2D eigenvalue weighted by atomic mass is 9.52. The number of methoxy groups -OCH3 is 1. The fourth-order valence-electron chi connectivity index (χ4n) is 7.46. The lowest BCUT2D eigenvalue weighted by molar-refractivity contribution is -0.119. The lowest BCUT2D eigenvalue weighted by Gasteiger charge is -2.58. The molecule has 4 atom stereocenters. The molecule has 2 saturated heterocycles. The van der Waals surface area contributed by atoms with Crippen molar-refractivity contribution in [2.45, 2.75) is 76.3 Å². The number of amides is 1. The topological polar surface area (TPSA) is 32.8 Å². The Morgan fingerprint density at radius 1 is 1.22 bits per heavy atom. The number of benzene rings is 1. The largest absolute Gasteiger partial charge is 0.495 e. The standard InChI is InChI=1S/C23H32N2O2/c1-4-19(26)25-18-10-12-22(5-2)11-7-14-24-15-13-23(18,21(22)24)16-8-6-9-17(27-3)20(16)25/h6,8-9,18,21H,4-5,7,10-15H2,1-3H3/t18-,21-,22-,23-/m1/s1. The van der Waals surface area contributed by atoms with Gasteiger partial charge in [-0.25, -0.2) is 0 Å². The van der Waals surface area contributed by atoms with E-state index in [0.29, 0.717) is 23.9 Å². The number of para-hydroxylation sites is 1. The van der Waals surface area contributed by atoms with Crippen LogP contribution in [-0.2, 0) is 10.2 Å². The van der Waals surface area contributed by atoms with Crippen LogP contribution in [0.3, 0.4) is 0 Å². The zero-order valence-corrected chi connectivity index (χ0v) is 17.0. The molecular formula is C23H32N2O2. The Morgan fingerprint density at radius 2 is 2.07 bits per heavy atom. The van der Waals surface area contributed by atoms with Gasteiger partial charge in [0.15, 0.2) is 0 Å². The Labute approximate surface area is 162 Å². The first kappa shape index (κ1) is 17.5. The van der Waals surface area contributed by atoms with Gasteiger partial charge in [0.2, 0.25) is 5.91 Å². The van der Waals surface area contributed by atoms with Gasteiger partial charge < -0.3 is 9.64 Å². The van der Waals surface area contributed by atoms with Crippen LogP contribution in [0, 0.1) is 5.41 Å². The summed E-state index contributed by atoms with van der Waals surface area (Å²) in [5.74, 6) is 1.12. The maximum atomic E-state index is 13.1. The first-order valence-electron chi connectivity index (χ1n) is 10.9. The van der Waals surface area contributed by atoms with Crippen molar-refractivity contribution >= 4 is 11.6 Å². The van der Waals surface area contributed by atoms with Crippen molar-refractivity contribution in [3.63, 3.8) is 0 Å². The average molecular weight is 369 g/mol. The van der Waals surface area contributed by atoms with Crippen LogP contribution >= 0.6 is 0 Å². The number of ether oxygens (including phenoxy) is 1. The first-order valence-corrected chi connectivity index (χ1v) is 10.9. The summed E-state index contributed by atoms with van der Waals surface area (Å²) in [6, 6.07) is 7.34. The summed E-state index contributed by atoms with van der Waals surface area (Å²) >= 11 is 0. The van der Waals surface area contributed by atoms with Crippen LogP contribution in [0.2, 0.25) is 0 Å². The smallest absolute Gasteiger partial charge is 0.227 e. The molecule has 1 saturated carbocycles. The Balaban J connectivity index is 1.76. The summed E-state index contributed by atoms with van der Waals surface area (Å²) in [5.41, 5.74) is 2.97. The van der Waals surface area contributed by atoms with E-state index in [1.54, 1.807) is 7.11 Å². The van der Waals surface area contributed by atoms with Crippen molar-refractivity contribution in [2.75, 3.05) is 25.1 Å². The zero-order valence-electron chi connectivity index (χ0n) is 17.0. The Kier molecular flexibility index (Phi) is 3.88. The van der Waals surface area contributed by atoms with Crippen LogP contribution in [0.4, 0.5) is 5.69 Å². The van der Waals surface area contributed by atoms with Crippen molar-refractivity contribution in [1.29, 1.82) is 0 Å². The summed E-state index contributed by atoms with van der Waals surface area (Å²) in [6.07, 6.45) is 8.04. The third kappa shape index (κ3) is 2.00. The van der Waals surface area contributed by atoms with Crippen molar-refractivity contribution in [2.24, 2.45) is 5.41 Å². The summed E-state index contributed by atoms with van der Waals surface area (Å²) in [6.45, 7) is 6.78. The molecule has 1 spiro atoms. The maximum absolute atomic E-state index is 13.1. The van der Waals surface area contributed by atoms with Crippen molar-refractivity contribution in [1.82, 2.24) is 4.90 Å². The molecule has 0 aromatic heterocycles. The summed E-state index contributed by atoms with van der Waals surface area (Å²) in [7, 11) is 1.74. The van der Waals surface area contributed by atoms with E-state index in [4.69, 9.17) is 4.74 Å². The fourth-order valence-corrected chi connectivity index (χ4v) is 7.46. The molecule has 0 bridgehead atoms. The Morgan fingerprint density at radius 3 is 2.81 bits per heavy atom. The predicted octanol–water partition coefficient (Wildman–Crippen LogP) is 4.12. The molecule has 3 fully saturated rings. The molecule has 1 amide bonds. The van der Waals surface area contributed by atoms with E-state index in [1.807, 2.05) is 13.0 Å². The monoisotopic (exact) mass is 368 g/mol. The molecule has 3 aliphatic heterocycles. The minimum absolute atomic E-state index is 0.0867. The van der Waals surface area contributed by atoms with E-state index in [2.05, 4.69) is 28.9 Å². The number of carbonyl (C=O) groups is 1. The molecule has 1 aromatic rings. The first-order chi connectivity index (χ1) is 13.1. The molecular weight excluding hydrogens is 336 g/mol. The number of nitrogens with zero attached hydrogens (tertiary/aromatic N) is 2. The number of anilines is 1. The van der Waals surface area contributed by atoms with Gasteiger partial charge >= 0.3 is 0 Å². The van der Waals surface area contributed by atoms with Crippen LogP contribution in [0.25, 0.3) is 0 Å². The van der Waals surface area contributed by atoms with E-state index in [-0.39, 0.29) is 11.3 Å². The third-order valence-corrected chi connectivity index (χ3v) is 8.42. The third-order valence-electron chi connectivity index (χ3n) is 8.42. The second-order valence-electron chi connectivity index (χ2n) is 9.08. The van der Waals surface area contributed by atoms with E-state index in [1.165, 1.54) is 50.8 Å². The molecule has 5 rings (SSSR count). The molecule has 1 aromatic carbocycles. The van der Waals surface area contributed by atoms with Gasteiger partial charge in [0.05, 0.1) is 12.8 Å². The van der Waals surface area contributed by atoms with Gasteiger partial charge in [-0.1, -0.05) is 26.0 Å². The number of carbonyl (C=O) groups excluding carboxylic acids is 1. The highest BCUT2D eigenvalue weighted by molar-refractivity contribution is 5.99. The Bertz CT molecular complexity index is 778. The van der Waals surface area contributed by atoms with Crippen LogP contribution in [0.15, 0.2) is 18.2 Å². The van der Waals surface area contributed by atoms with Crippen molar-refractivity contribution in [3.05, 3.63) is 23.8 Å².